The summed E-state index contributed by atoms with van der Waals surface area (Å²) in [5, 5.41) is 7.53. The van der Waals surface area contributed by atoms with Gasteiger partial charge in [0, 0.05) is 41.5 Å². The molecule has 1 amide bonds. The molecular weight excluding hydrogens is 381 g/mol. The van der Waals surface area contributed by atoms with Crippen LogP contribution >= 0.6 is 35.3 Å². The predicted molar refractivity (Wildman–Crippen MR) is 104 cm³/mol. The molecule has 2 N–H and O–H groups in total. The van der Waals surface area contributed by atoms with Gasteiger partial charge in [-0.1, -0.05) is 23.7 Å². The lowest BCUT2D eigenvalue weighted by molar-refractivity contribution is -0.117. The van der Waals surface area contributed by atoms with E-state index in [0.29, 0.717) is 24.8 Å². The van der Waals surface area contributed by atoms with Crippen LogP contribution in [0.5, 0.6) is 0 Å². The van der Waals surface area contributed by atoms with Crippen molar-refractivity contribution in [1.82, 2.24) is 10.3 Å². The first-order valence-corrected chi connectivity index (χ1v) is 9.10. The molecule has 1 saturated heterocycles. The number of halogens is 2. The van der Waals surface area contributed by atoms with Gasteiger partial charge < -0.3 is 15.4 Å². The van der Waals surface area contributed by atoms with Crippen LogP contribution in [-0.4, -0.2) is 36.7 Å². The number of aromatic nitrogens is 1. The van der Waals surface area contributed by atoms with Crippen molar-refractivity contribution in [3.05, 3.63) is 45.4 Å². The number of carbonyl (C=O) groups is 1. The molecule has 0 spiro atoms. The molecule has 1 unspecified atom stereocenters. The summed E-state index contributed by atoms with van der Waals surface area (Å²) in [4.78, 5) is 17.4. The molecular formula is C17H21Cl2N3O2S. The number of morpholine rings is 1. The Morgan fingerprint density at radius 3 is 3.08 bits per heavy atom. The van der Waals surface area contributed by atoms with E-state index in [1.54, 1.807) is 6.20 Å². The number of rotatable bonds is 5. The number of anilines is 1. The zero-order valence-corrected chi connectivity index (χ0v) is 16.3. The number of hydrogen-bond acceptors (Lipinski definition) is 5. The number of ether oxygens (including phenoxy) is 1. The van der Waals surface area contributed by atoms with E-state index in [4.69, 9.17) is 16.3 Å². The molecule has 1 aromatic heterocycles. The maximum absolute atomic E-state index is 12.1. The Kier molecular flexibility index (Phi) is 7.65. The Morgan fingerprint density at radius 1 is 1.52 bits per heavy atom. The number of carbonyl (C=O) groups excluding carboxylic acids is 1. The molecule has 25 heavy (non-hydrogen) atoms. The summed E-state index contributed by atoms with van der Waals surface area (Å²) in [6.07, 6.45) is 2.95. The maximum Gasteiger partial charge on any atom is 0.227 e. The third kappa shape index (κ3) is 5.94. The number of benzene rings is 1. The van der Waals surface area contributed by atoms with Gasteiger partial charge in [0.2, 0.25) is 5.91 Å². The summed E-state index contributed by atoms with van der Waals surface area (Å²) < 4.78 is 5.36. The molecule has 136 valence electrons. The average Bonchev–Trinajstić information content (AvgIpc) is 2.98. The second-order valence-electron chi connectivity index (χ2n) is 5.87. The molecule has 1 atom stereocenters. The van der Waals surface area contributed by atoms with E-state index in [1.807, 2.05) is 19.1 Å². The zero-order valence-electron chi connectivity index (χ0n) is 13.9. The van der Waals surface area contributed by atoms with Crippen LogP contribution in [0.3, 0.4) is 0 Å². The summed E-state index contributed by atoms with van der Waals surface area (Å²) in [5.74, 6) is -0.0442. The SMILES string of the molecule is Cc1ccc(Cc2cnc(NC(=O)CC3COCCN3)s2)cc1Cl.Cl. The monoisotopic (exact) mass is 401 g/mol. The van der Waals surface area contributed by atoms with Crippen LogP contribution in [0.1, 0.15) is 22.4 Å². The van der Waals surface area contributed by atoms with E-state index in [-0.39, 0.29) is 24.4 Å². The molecule has 2 heterocycles. The van der Waals surface area contributed by atoms with Gasteiger partial charge in [0.25, 0.3) is 0 Å². The second kappa shape index (κ2) is 9.50. The number of thiazole rings is 1. The highest BCUT2D eigenvalue weighted by Gasteiger charge is 2.17. The Morgan fingerprint density at radius 2 is 2.36 bits per heavy atom. The van der Waals surface area contributed by atoms with Crippen molar-refractivity contribution < 1.29 is 9.53 Å². The number of nitrogens with one attached hydrogen (secondary N) is 2. The Hall–Kier alpha value is -1.18. The topological polar surface area (TPSA) is 63.2 Å². The molecule has 2 aromatic rings. The van der Waals surface area contributed by atoms with E-state index < -0.39 is 0 Å². The quantitative estimate of drug-likeness (QED) is 0.805. The number of hydrogen-bond donors (Lipinski definition) is 2. The van der Waals surface area contributed by atoms with Gasteiger partial charge in [-0.3, -0.25) is 4.79 Å². The van der Waals surface area contributed by atoms with Crippen LogP contribution in [0.2, 0.25) is 5.02 Å². The fraction of sp³-hybridized carbons (Fsp3) is 0.412. The summed E-state index contributed by atoms with van der Waals surface area (Å²) in [7, 11) is 0. The van der Waals surface area contributed by atoms with Crippen molar-refractivity contribution in [3.8, 4) is 0 Å². The third-order valence-corrected chi connectivity index (χ3v) is 5.16. The number of aryl methyl sites for hydroxylation is 1. The molecule has 5 nitrogen and oxygen atoms in total. The highest BCUT2D eigenvalue weighted by atomic mass is 35.5. The largest absolute Gasteiger partial charge is 0.378 e. The maximum atomic E-state index is 12.1. The lowest BCUT2D eigenvalue weighted by Gasteiger charge is -2.22. The minimum absolute atomic E-state index is 0. The summed E-state index contributed by atoms with van der Waals surface area (Å²) in [6, 6.07) is 6.13. The Bertz CT molecular complexity index is 718. The molecule has 0 aliphatic carbocycles. The standard InChI is InChI=1S/C17H20ClN3O2S.ClH/c1-11-2-3-12(7-15(11)18)6-14-9-20-17(24-14)21-16(22)8-13-10-23-5-4-19-13;/h2-3,7,9,13,19H,4-6,8,10H2,1H3,(H,20,21,22);1H. The van der Waals surface area contributed by atoms with Crippen LogP contribution in [0, 0.1) is 6.92 Å². The first-order chi connectivity index (χ1) is 11.6. The molecule has 0 bridgehead atoms. The fourth-order valence-corrected chi connectivity index (χ4v) is 3.61. The third-order valence-electron chi connectivity index (χ3n) is 3.84. The van der Waals surface area contributed by atoms with Crippen molar-refractivity contribution >= 4 is 46.4 Å². The van der Waals surface area contributed by atoms with Crippen LogP contribution in [-0.2, 0) is 16.0 Å². The summed E-state index contributed by atoms with van der Waals surface area (Å²) in [6.45, 7) is 4.05. The van der Waals surface area contributed by atoms with Crippen LogP contribution in [0.25, 0.3) is 0 Å². The van der Waals surface area contributed by atoms with Gasteiger partial charge in [-0.15, -0.1) is 23.7 Å². The average molecular weight is 402 g/mol. The molecule has 0 radical (unpaired) electrons. The predicted octanol–water partition coefficient (Wildman–Crippen LogP) is 3.43. The molecule has 1 aliphatic rings. The van der Waals surface area contributed by atoms with Crippen molar-refractivity contribution in [2.75, 3.05) is 25.1 Å². The van der Waals surface area contributed by atoms with E-state index in [0.717, 1.165) is 34.0 Å². The van der Waals surface area contributed by atoms with Crippen molar-refractivity contribution in [1.29, 1.82) is 0 Å². The van der Waals surface area contributed by atoms with Crippen LogP contribution < -0.4 is 10.6 Å². The fourth-order valence-electron chi connectivity index (χ4n) is 2.54. The molecule has 1 aliphatic heterocycles. The van der Waals surface area contributed by atoms with E-state index in [9.17, 15) is 4.79 Å². The number of nitrogens with zero attached hydrogens (tertiary/aromatic N) is 1. The van der Waals surface area contributed by atoms with Crippen molar-refractivity contribution in [3.63, 3.8) is 0 Å². The van der Waals surface area contributed by atoms with Crippen molar-refractivity contribution in [2.24, 2.45) is 0 Å². The zero-order chi connectivity index (χ0) is 16.9. The van der Waals surface area contributed by atoms with E-state index >= 15 is 0 Å². The molecule has 0 saturated carbocycles. The van der Waals surface area contributed by atoms with Gasteiger partial charge in [-0.25, -0.2) is 4.98 Å². The van der Waals surface area contributed by atoms with Gasteiger partial charge in [-0.2, -0.15) is 0 Å². The number of amides is 1. The second-order valence-corrected chi connectivity index (χ2v) is 7.39. The van der Waals surface area contributed by atoms with Gasteiger partial charge in [0.1, 0.15) is 0 Å². The van der Waals surface area contributed by atoms with Crippen LogP contribution in [0.15, 0.2) is 24.4 Å². The van der Waals surface area contributed by atoms with Gasteiger partial charge in [0.05, 0.1) is 13.2 Å². The first kappa shape index (κ1) is 20.1. The van der Waals surface area contributed by atoms with Gasteiger partial charge >= 0.3 is 0 Å². The van der Waals surface area contributed by atoms with E-state index in [2.05, 4.69) is 21.7 Å². The molecule has 8 heteroatoms. The lowest BCUT2D eigenvalue weighted by atomic mass is 10.1. The normalized spacial score (nSPS) is 17.0. The highest BCUT2D eigenvalue weighted by Crippen LogP contribution is 2.24. The minimum Gasteiger partial charge on any atom is -0.378 e. The summed E-state index contributed by atoms with van der Waals surface area (Å²) in [5.41, 5.74) is 2.20. The van der Waals surface area contributed by atoms with Gasteiger partial charge in [0.15, 0.2) is 5.13 Å². The molecule has 1 aromatic carbocycles. The van der Waals surface area contributed by atoms with Crippen molar-refractivity contribution in [2.45, 2.75) is 25.8 Å². The Balaban J connectivity index is 0.00000225. The minimum atomic E-state index is -0.0442. The highest BCUT2D eigenvalue weighted by molar-refractivity contribution is 7.15. The van der Waals surface area contributed by atoms with Crippen LogP contribution in [0.4, 0.5) is 5.13 Å². The Labute approximate surface area is 162 Å². The lowest BCUT2D eigenvalue weighted by Crippen LogP contribution is -2.43. The van der Waals surface area contributed by atoms with E-state index in [1.165, 1.54) is 11.3 Å². The smallest absolute Gasteiger partial charge is 0.227 e. The van der Waals surface area contributed by atoms with Gasteiger partial charge in [-0.05, 0) is 24.1 Å². The molecule has 3 rings (SSSR count). The molecule has 1 fully saturated rings. The first-order valence-electron chi connectivity index (χ1n) is 7.91. The summed E-state index contributed by atoms with van der Waals surface area (Å²) >= 11 is 7.65.